The minimum Gasteiger partial charge on any atom is -0.392 e. The van der Waals surface area contributed by atoms with Crippen molar-refractivity contribution in [1.29, 1.82) is 0 Å². The lowest BCUT2D eigenvalue weighted by Crippen LogP contribution is -2.42. The van der Waals surface area contributed by atoms with E-state index in [1.54, 1.807) is 4.90 Å². The summed E-state index contributed by atoms with van der Waals surface area (Å²) in [5.74, 6) is -6.75. The number of morpholine rings is 2. The highest BCUT2D eigenvalue weighted by atomic mass is 19.4. The van der Waals surface area contributed by atoms with Crippen LogP contribution in [0.5, 0.6) is 0 Å². The van der Waals surface area contributed by atoms with E-state index in [1.165, 1.54) is 0 Å². The average Bonchev–Trinajstić information content (AvgIpc) is 3.61. The third kappa shape index (κ3) is 23.5. The number of aliphatic hydroxyl groups is 1. The summed E-state index contributed by atoms with van der Waals surface area (Å²) in [5.41, 5.74) is 0. The minimum absolute atomic E-state index is 0. The van der Waals surface area contributed by atoms with Crippen molar-refractivity contribution >= 4 is 0 Å². The summed E-state index contributed by atoms with van der Waals surface area (Å²) in [7, 11) is 0. The van der Waals surface area contributed by atoms with Crippen molar-refractivity contribution in [3.63, 3.8) is 0 Å². The molecule has 0 aromatic carbocycles. The van der Waals surface area contributed by atoms with E-state index in [1.807, 2.05) is 0 Å². The highest BCUT2D eigenvalue weighted by Crippen LogP contribution is 2.35. The van der Waals surface area contributed by atoms with Crippen LogP contribution in [0, 0.1) is 0 Å². The molecule has 0 spiro atoms. The van der Waals surface area contributed by atoms with E-state index in [0.29, 0.717) is 26.3 Å². The predicted molar refractivity (Wildman–Crippen MR) is 123 cm³/mol. The van der Waals surface area contributed by atoms with Crippen molar-refractivity contribution in [2.24, 2.45) is 0 Å². The molecule has 0 saturated carbocycles. The van der Waals surface area contributed by atoms with Gasteiger partial charge in [0.15, 0.2) is 0 Å². The lowest BCUT2D eigenvalue weighted by molar-refractivity contribution is -0.156. The second kappa shape index (κ2) is 17.8. The first-order valence-corrected chi connectivity index (χ1v) is 12.2. The molecule has 2 atom stereocenters. The first-order valence-electron chi connectivity index (χ1n) is 12.2. The van der Waals surface area contributed by atoms with Gasteiger partial charge in [-0.25, -0.2) is 17.6 Å². The van der Waals surface area contributed by atoms with Crippen molar-refractivity contribution in [3.05, 3.63) is 0 Å². The van der Waals surface area contributed by atoms with Gasteiger partial charge in [0.1, 0.15) is 0 Å². The van der Waals surface area contributed by atoms with E-state index in [0.717, 1.165) is 26.3 Å². The van der Waals surface area contributed by atoms with Crippen LogP contribution in [0.25, 0.3) is 0 Å². The van der Waals surface area contributed by atoms with Gasteiger partial charge >= 0.3 is 12.4 Å². The third-order valence-electron chi connectivity index (χ3n) is 5.43. The van der Waals surface area contributed by atoms with Gasteiger partial charge in [0.2, 0.25) is 0 Å². The topological polar surface area (TPSA) is 66.5 Å². The zero-order chi connectivity index (χ0) is 28.9. The summed E-state index contributed by atoms with van der Waals surface area (Å²) in [6.45, 7) is 6.11. The zero-order valence-corrected chi connectivity index (χ0v) is 20.9. The Balaban J connectivity index is 0.000000620. The molecular weight excluding hydrogens is 558 g/mol. The van der Waals surface area contributed by atoms with Gasteiger partial charge in [-0.2, -0.15) is 26.3 Å². The summed E-state index contributed by atoms with van der Waals surface area (Å²) < 4.78 is 137. The fourth-order valence-electron chi connectivity index (χ4n) is 3.38. The number of alkyl halides is 10. The van der Waals surface area contributed by atoms with Gasteiger partial charge < -0.3 is 24.6 Å². The number of rotatable bonds is 10. The van der Waals surface area contributed by atoms with E-state index < -0.39 is 74.9 Å². The van der Waals surface area contributed by atoms with Crippen molar-refractivity contribution in [3.8, 4) is 0 Å². The van der Waals surface area contributed by atoms with Gasteiger partial charge in [-0.05, 0) is 0 Å². The summed E-state index contributed by atoms with van der Waals surface area (Å²) >= 11 is 0. The Morgan fingerprint density at radius 1 is 0.744 bits per heavy atom. The zero-order valence-electron chi connectivity index (χ0n) is 20.9. The van der Waals surface area contributed by atoms with Gasteiger partial charge in [-0.3, -0.25) is 4.90 Å². The van der Waals surface area contributed by atoms with Crippen LogP contribution in [0.2, 0.25) is 0 Å². The minimum atomic E-state index is -4.60. The number of β-amino-alcohol motifs (C(OH)–C–C–N with tert-alkyl or cyclic N) is 1. The Bertz CT molecular complexity index is 613. The molecule has 3 rings (SSSR count). The largest absolute Gasteiger partial charge is 0.392 e. The molecule has 3 fully saturated rings. The molecule has 0 aliphatic carbocycles. The van der Waals surface area contributed by atoms with Crippen LogP contribution in [0.1, 0.15) is 46.0 Å². The number of aliphatic hydroxyl groups excluding tert-OH is 1. The molecule has 0 amide bonds. The molecule has 3 heterocycles. The molecular formula is C23H40F10N2O4. The maximum absolute atomic E-state index is 13.3. The average molecular weight is 599 g/mol. The van der Waals surface area contributed by atoms with E-state index in [9.17, 15) is 49.0 Å². The molecule has 236 valence electrons. The lowest BCUT2D eigenvalue weighted by Gasteiger charge is -2.29. The van der Waals surface area contributed by atoms with E-state index in [2.05, 4.69) is 10.1 Å². The van der Waals surface area contributed by atoms with Crippen molar-refractivity contribution < 1.29 is 63.2 Å². The van der Waals surface area contributed by atoms with Gasteiger partial charge in [-0.1, -0.05) is 7.43 Å². The Kier molecular flexibility index (Phi) is 17.4. The number of epoxide rings is 1. The first kappa shape index (κ1) is 38.1. The molecule has 0 aromatic rings. The molecule has 2 N–H and O–H groups in total. The van der Waals surface area contributed by atoms with Crippen molar-refractivity contribution in [2.45, 2.75) is 82.4 Å². The Morgan fingerprint density at radius 2 is 1.21 bits per heavy atom. The highest BCUT2D eigenvalue weighted by molar-refractivity contribution is 4.79. The summed E-state index contributed by atoms with van der Waals surface area (Å²) in [5, 5.41) is 12.7. The third-order valence-corrected chi connectivity index (χ3v) is 5.43. The van der Waals surface area contributed by atoms with Crippen LogP contribution in [-0.2, 0) is 14.2 Å². The van der Waals surface area contributed by atoms with E-state index in [-0.39, 0.29) is 20.6 Å². The molecule has 3 saturated heterocycles. The Morgan fingerprint density at radius 3 is 1.59 bits per heavy atom. The monoisotopic (exact) mass is 598 g/mol. The SMILES string of the molecule is C.C1COCCN1.FC(F)(F)CCC(F)(F)CC1CO1.OC(CN1CCOCC1)CC(F)(F)CCC(F)(F)F. The fraction of sp³-hybridized carbons (Fsp3) is 1.00. The van der Waals surface area contributed by atoms with Crippen LogP contribution in [0.15, 0.2) is 0 Å². The van der Waals surface area contributed by atoms with Crippen LogP contribution in [-0.4, -0.2) is 112 Å². The quantitative estimate of drug-likeness (QED) is 0.272. The first-order chi connectivity index (χ1) is 17.5. The number of ether oxygens (including phenoxy) is 3. The number of hydrogen-bond donors (Lipinski definition) is 2. The molecule has 6 nitrogen and oxygen atoms in total. The molecule has 0 radical (unpaired) electrons. The number of nitrogens with zero attached hydrogens (tertiary/aromatic N) is 1. The summed E-state index contributed by atoms with van der Waals surface area (Å²) in [6.07, 6.45) is -17.9. The normalized spacial score (nSPS) is 21.5. The second-order valence-electron chi connectivity index (χ2n) is 9.24. The Hall–Kier alpha value is -0.940. The van der Waals surface area contributed by atoms with Crippen LogP contribution < -0.4 is 5.32 Å². The van der Waals surface area contributed by atoms with Crippen molar-refractivity contribution in [1.82, 2.24) is 10.2 Å². The van der Waals surface area contributed by atoms with Crippen LogP contribution in [0.4, 0.5) is 43.9 Å². The number of halogens is 10. The van der Waals surface area contributed by atoms with Gasteiger partial charge in [0.05, 0.1) is 45.2 Å². The maximum atomic E-state index is 13.3. The summed E-state index contributed by atoms with van der Waals surface area (Å²) in [4.78, 5) is 1.76. The lowest BCUT2D eigenvalue weighted by atomic mass is 10.1. The Labute approximate surface area is 222 Å². The summed E-state index contributed by atoms with van der Waals surface area (Å²) in [6, 6.07) is 0. The van der Waals surface area contributed by atoms with Crippen molar-refractivity contribution in [2.75, 3.05) is 65.8 Å². The number of hydrogen-bond acceptors (Lipinski definition) is 6. The van der Waals surface area contributed by atoms with E-state index in [4.69, 9.17) is 9.47 Å². The maximum Gasteiger partial charge on any atom is 0.389 e. The molecule has 39 heavy (non-hydrogen) atoms. The van der Waals surface area contributed by atoms with Crippen LogP contribution in [0.3, 0.4) is 0 Å². The van der Waals surface area contributed by atoms with Gasteiger partial charge in [0, 0.05) is 71.2 Å². The smallest absolute Gasteiger partial charge is 0.389 e. The number of nitrogens with one attached hydrogen (secondary N) is 1. The van der Waals surface area contributed by atoms with Gasteiger partial charge in [0.25, 0.3) is 11.8 Å². The van der Waals surface area contributed by atoms with E-state index >= 15 is 0 Å². The molecule has 3 aliphatic heterocycles. The predicted octanol–water partition coefficient (Wildman–Crippen LogP) is 5.04. The molecule has 16 heteroatoms. The molecule has 2 unspecified atom stereocenters. The fourth-order valence-corrected chi connectivity index (χ4v) is 3.38. The van der Waals surface area contributed by atoms with Gasteiger partial charge in [-0.15, -0.1) is 0 Å². The molecule has 3 aliphatic rings. The molecule has 0 bridgehead atoms. The highest BCUT2D eigenvalue weighted by Gasteiger charge is 2.41. The van der Waals surface area contributed by atoms with Crippen LogP contribution >= 0.6 is 0 Å². The standard InChI is InChI=1S/C11H18F5NO2.C7H9F5O.C4H9NO.CH4/c12-10(13,1-2-11(14,15)16)7-9(18)8-17-3-5-19-6-4-17;8-6(9,3-5-4-13-5)1-2-7(10,11)12;1-3-6-4-2-5-1;/h9,18H,1-8H2;5H,1-4H2;5H,1-4H2;1H4. The second-order valence-corrected chi connectivity index (χ2v) is 9.24. The molecule has 0 aromatic heterocycles.